The molecule has 1 saturated carbocycles. The van der Waals surface area contributed by atoms with Crippen molar-refractivity contribution in [1.29, 1.82) is 0 Å². The van der Waals surface area contributed by atoms with Crippen LogP contribution in [0, 0.1) is 17.8 Å². The zero-order chi connectivity index (χ0) is 12.7. The van der Waals surface area contributed by atoms with Gasteiger partial charge in [0.25, 0.3) is 0 Å². The standard InChI is InChI=1S/C16H21NO2/c1-2-4-15-13(3-1)16-14(10-19-15)12(7-17-16)9-18-8-11-5-6-11/h1-4,11-12,14,16-17H,5-10H2/t12-,14-,16-/m0/s1. The third-order valence-electron chi connectivity index (χ3n) is 4.70. The number of hydrogen-bond acceptors (Lipinski definition) is 3. The van der Waals surface area contributed by atoms with Gasteiger partial charge >= 0.3 is 0 Å². The normalized spacial score (nSPS) is 32.5. The Kier molecular flexibility index (Phi) is 2.97. The molecule has 1 aromatic carbocycles. The van der Waals surface area contributed by atoms with Crippen molar-refractivity contribution in [1.82, 2.24) is 5.32 Å². The molecule has 0 unspecified atom stereocenters. The Morgan fingerprint density at radius 1 is 1.21 bits per heavy atom. The third-order valence-corrected chi connectivity index (χ3v) is 4.70. The summed E-state index contributed by atoms with van der Waals surface area (Å²) in [7, 11) is 0. The molecule has 3 aliphatic rings. The zero-order valence-electron chi connectivity index (χ0n) is 11.2. The van der Waals surface area contributed by atoms with Crippen LogP contribution in [0.15, 0.2) is 24.3 Å². The van der Waals surface area contributed by atoms with Gasteiger partial charge in [-0.1, -0.05) is 18.2 Å². The highest BCUT2D eigenvalue weighted by Crippen LogP contribution is 2.42. The Bertz CT molecular complexity index is 458. The molecule has 3 atom stereocenters. The van der Waals surface area contributed by atoms with E-state index in [4.69, 9.17) is 9.47 Å². The van der Waals surface area contributed by atoms with Crippen molar-refractivity contribution in [3.8, 4) is 5.75 Å². The Morgan fingerprint density at radius 2 is 2.11 bits per heavy atom. The van der Waals surface area contributed by atoms with Crippen molar-refractivity contribution in [2.75, 3.05) is 26.4 Å². The summed E-state index contributed by atoms with van der Waals surface area (Å²) in [6.45, 7) is 3.73. The molecule has 0 bridgehead atoms. The van der Waals surface area contributed by atoms with E-state index in [0.717, 1.165) is 38.0 Å². The largest absolute Gasteiger partial charge is 0.493 e. The van der Waals surface area contributed by atoms with E-state index in [1.807, 2.05) is 6.07 Å². The molecule has 0 aromatic heterocycles. The van der Waals surface area contributed by atoms with Crippen LogP contribution in [0.1, 0.15) is 24.4 Å². The van der Waals surface area contributed by atoms with Crippen LogP contribution < -0.4 is 10.1 Å². The Labute approximate surface area is 114 Å². The van der Waals surface area contributed by atoms with E-state index in [9.17, 15) is 0 Å². The van der Waals surface area contributed by atoms with E-state index < -0.39 is 0 Å². The summed E-state index contributed by atoms with van der Waals surface area (Å²) in [5, 5.41) is 3.66. The lowest BCUT2D eigenvalue weighted by Gasteiger charge is -2.30. The predicted octanol–water partition coefficient (Wildman–Crippen LogP) is 2.38. The molecule has 19 heavy (non-hydrogen) atoms. The smallest absolute Gasteiger partial charge is 0.124 e. The molecule has 1 saturated heterocycles. The molecule has 0 amide bonds. The Morgan fingerprint density at radius 3 is 3.00 bits per heavy atom. The van der Waals surface area contributed by atoms with E-state index in [2.05, 4.69) is 23.5 Å². The van der Waals surface area contributed by atoms with Crippen LogP contribution in [0.5, 0.6) is 5.75 Å². The van der Waals surface area contributed by atoms with Crippen LogP contribution in [0.3, 0.4) is 0 Å². The fraction of sp³-hybridized carbons (Fsp3) is 0.625. The molecule has 2 fully saturated rings. The molecular formula is C16H21NO2. The highest BCUT2D eigenvalue weighted by molar-refractivity contribution is 5.38. The van der Waals surface area contributed by atoms with Gasteiger partial charge < -0.3 is 14.8 Å². The van der Waals surface area contributed by atoms with Crippen LogP contribution in [-0.4, -0.2) is 26.4 Å². The van der Waals surface area contributed by atoms with Gasteiger partial charge in [0.2, 0.25) is 0 Å². The predicted molar refractivity (Wildman–Crippen MR) is 73.2 cm³/mol. The Balaban J connectivity index is 1.42. The minimum Gasteiger partial charge on any atom is -0.493 e. The van der Waals surface area contributed by atoms with Crippen LogP contribution in [0.4, 0.5) is 0 Å². The van der Waals surface area contributed by atoms with Crippen LogP contribution in [-0.2, 0) is 4.74 Å². The van der Waals surface area contributed by atoms with Gasteiger partial charge in [-0.3, -0.25) is 0 Å². The molecular weight excluding hydrogens is 238 g/mol. The fourth-order valence-corrected chi connectivity index (χ4v) is 3.33. The second-order valence-electron chi connectivity index (χ2n) is 6.14. The van der Waals surface area contributed by atoms with Crippen molar-refractivity contribution >= 4 is 0 Å². The number of para-hydroxylation sites is 1. The summed E-state index contributed by atoms with van der Waals surface area (Å²) in [5.41, 5.74) is 1.32. The highest BCUT2D eigenvalue weighted by Gasteiger charge is 2.41. The first-order valence-electron chi connectivity index (χ1n) is 7.44. The molecule has 0 spiro atoms. The van der Waals surface area contributed by atoms with Crippen LogP contribution in [0.25, 0.3) is 0 Å². The minimum atomic E-state index is 0.458. The molecule has 1 aliphatic carbocycles. The monoisotopic (exact) mass is 259 g/mol. The molecule has 1 N–H and O–H groups in total. The van der Waals surface area contributed by atoms with Crippen molar-refractivity contribution < 1.29 is 9.47 Å². The lowest BCUT2D eigenvalue weighted by molar-refractivity contribution is 0.0647. The van der Waals surface area contributed by atoms with E-state index in [0.29, 0.717) is 17.9 Å². The van der Waals surface area contributed by atoms with Crippen molar-refractivity contribution in [2.45, 2.75) is 18.9 Å². The third kappa shape index (κ3) is 2.26. The number of fused-ring (bicyclic) bond motifs is 3. The van der Waals surface area contributed by atoms with E-state index in [-0.39, 0.29) is 0 Å². The number of hydrogen-bond donors (Lipinski definition) is 1. The van der Waals surface area contributed by atoms with Crippen molar-refractivity contribution in [3.63, 3.8) is 0 Å². The zero-order valence-corrected chi connectivity index (χ0v) is 11.2. The van der Waals surface area contributed by atoms with E-state index in [1.54, 1.807) is 0 Å². The maximum Gasteiger partial charge on any atom is 0.124 e. The van der Waals surface area contributed by atoms with Gasteiger partial charge in [-0.15, -0.1) is 0 Å². The molecule has 102 valence electrons. The molecule has 3 heteroatoms. The van der Waals surface area contributed by atoms with Gasteiger partial charge in [-0.05, 0) is 24.8 Å². The summed E-state index contributed by atoms with van der Waals surface area (Å²) in [5.74, 6) is 3.07. The molecule has 2 heterocycles. The SMILES string of the molecule is c1ccc2c(c1)OC[C@H]1[C@H](COCC3CC3)CN[C@@H]21. The van der Waals surface area contributed by atoms with Crippen molar-refractivity contribution in [3.05, 3.63) is 29.8 Å². The molecule has 3 nitrogen and oxygen atoms in total. The van der Waals surface area contributed by atoms with Gasteiger partial charge in [-0.25, -0.2) is 0 Å². The fourth-order valence-electron chi connectivity index (χ4n) is 3.33. The van der Waals surface area contributed by atoms with E-state index >= 15 is 0 Å². The van der Waals surface area contributed by atoms with Gasteiger partial charge in [0, 0.05) is 36.6 Å². The molecule has 0 radical (unpaired) electrons. The lowest BCUT2D eigenvalue weighted by atomic mass is 9.86. The number of nitrogens with one attached hydrogen (secondary N) is 1. The van der Waals surface area contributed by atoms with E-state index in [1.165, 1.54) is 18.4 Å². The van der Waals surface area contributed by atoms with Gasteiger partial charge in [0.05, 0.1) is 13.2 Å². The summed E-state index contributed by atoms with van der Waals surface area (Å²) in [6.07, 6.45) is 2.73. The van der Waals surface area contributed by atoms with Crippen LogP contribution in [0.2, 0.25) is 0 Å². The first-order chi connectivity index (χ1) is 9.42. The molecule has 2 aliphatic heterocycles. The summed E-state index contributed by atoms with van der Waals surface area (Å²) < 4.78 is 11.8. The lowest BCUT2D eigenvalue weighted by Crippen LogP contribution is -2.30. The quantitative estimate of drug-likeness (QED) is 0.900. The first-order valence-corrected chi connectivity index (χ1v) is 7.44. The average molecular weight is 259 g/mol. The van der Waals surface area contributed by atoms with Gasteiger partial charge in [-0.2, -0.15) is 0 Å². The minimum absolute atomic E-state index is 0.458. The second kappa shape index (κ2) is 4.80. The van der Waals surface area contributed by atoms with Gasteiger partial charge in [0.15, 0.2) is 0 Å². The Hall–Kier alpha value is -1.06. The van der Waals surface area contributed by atoms with Gasteiger partial charge in [0.1, 0.15) is 5.75 Å². The maximum atomic E-state index is 5.91. The molecule has 1 aromatic rings. The van der Waals surface area contributed by atoms with Crippen LogP contribution >= 0.6 is 0 Å². The summed E-state index contributed by atoms with van der Waals surface area (Å²) in [4.78, 5) is 0. The molecule has 4 rings (SSSR count). The number of rotatable bonds is 4. The first kappa shape index (κ1) is 11.7. The topological polar surface area (TPSA) is 30.5 Å². The highest BCUT2D eigenvalue weighted by atomic mass is 16.5. The summed E-state index contributed by atoms with van der Waals surface area (Å²) >= 11 is 0. The maximum absolute atomic E-state index is 5.91. The number of ether oxygens (including phenoxy) is 2. The number of benzene rings is 1. The average Bonchev–Trinajstić information content (AvgIpc) is 3.18. The summed E-state index contributed by atoms with van der Waals surface area (Å²) in [6, 6.07) is 8.86. The second-order valence-corrected chi connectivity index (χ2v) is 6.14. The van der Waals surface area contributed by atoms with Crippen molar-refractivity contribution in [2.24, 2.45) is 17.8 Å².